The zero-order valence-corrected chi connectivity index (χ0v) is 15.7. The predicted octanol–water partition coefficient (Wildman–Crippen LogP) is 2.21. The molecule has 4 rings (SSSR count). The molecule has 1 atom stereocenters. The number of fused-ring (bicyclic) bond motifs is 1. The molecule has 8 heteroatoms. The zero-order valence-electron chi connectivity index (χ0n) is 15.7. The Bertz CT molecular complexity index is 1090. The van der Waals surface area contributed by atoms with Gasteiger partial charge in [0.05, 0.1) is 36.3 Å². The summed E-state index contributed by atoms with van der Waals surface area (Å²) in [6, 6.07) is 7.35. The molecular formula is C21H18N4O4. The molecule has 0 amide bonds. The molecule has 146 valence electrons. The number of carbonyl (C=O) groups excluding carboxylic acids is 3. The molecule has 0 spiro atoms. The maximum Gasteiger partial charge on any atom is 0.375 e. The molecule has 0 radical (unpaired) electrons. The number of rotatable bonds is 5. The number of nitrogens with zero attached hydrogens (tertiary/aromatic N) is 4. The first kappa shape index (κ1) is 18.7. The summed E-state index contributed by atoms with van der Waals surface area (Å²) in [5.74, 6) is -3.25. The lowest BCUT2D eigenvalue weighted by Crippen LogP contribution is -2.35. The van der Waals surface area contributed by atoms with Crippen LogP contribution in [0.3, 0.4) is 0 Å². The summed E-state index contributed by atoms with van der Waals surface area (Å²) in [6.45, 7) is 1.70. The summed E-state index contributed by atoms with van der Waals surface area (Å²) < 4.78 is 6.42. The minimum Gasteiger partial charge on any atom is -0.460 e. The van der Waals surface area contributed by atoms with E-state index in [0.29, 0.717) is 12.1 Å². The van der Waals surface area contributed by atoms with Crippen LogP contribution < -0.4 is 0 Å². The topological polar surface area (TPSA) is 104 Å². The van der Waals surface area contributed by atoms with Crippen LogP contribution in [0.1, 0.15) is 29.4 Å². The summed E-state index contributed by atoms with van der Waals surface area (Å²) >= 11 is 0. The van der Waals surface area contributed by atoms with Gasteiger partial charge < -0.3 is 4.74 Å². The van der Waals surface area contributed by atoms with Crippen molar-refractivity contribution in [3.63, 3.8) is 0 Å². The van der Waals surface area contributed by atoms with Gasteiger partial charge in [-0.1, -0.05) is 6.07 Å². The average Bonchev–Trinajstić information content (AvgIpc) is 3.24. The van der Waals surface area contributed by atoms with Crippen LogP contribution in [0.25, 0.3) is 16.9 Å². The second-order valence-electron chi connectivity index (χ2n) is 6.63. The van der Waals surface area contributed by atoms with E-state index in [9.17, 15) is 14.4 Å². The number of aromatic nitrogens is 4. The molecule has 0 fully saturated rings. The fraction of sp³-hybridized carbons (Fsp3) is 0.238. The van der Waals surface area contributed by atoms with Gasteiger partial charge >= 0.3 is 5.97 Å². The van der Waals surface area contributed by atoms with Crippen LogP contribution in [-0.2, 0) is 20.7 Å². The number of ether oxygens (including phenoxy) is 1. The standard InChI is InChI=1S/C21H18N4O4/c1-2-29-21(28)20(27)16-7-5-13-6-8-17(24-18(13)19(16)26)14-10-23-25(12-14)15-4-3-9-22-11-15/h3-4,6,8-12,16H,2,5,7H2,1H3. The van der Waals surface area contributed by atoms with Crippen molar-refractivity contribution in [2.75, 3.05) is 6.61 Å². The largest absolute Gasteiger partial charge is 0.460 e. The van der Waals surface area contributed by atoms with E-state index in [4.69, 9.17) is 4.74 Å². The monoisotopic (exact) mass is 390 g/mol. The molecule has 1 aliphatic rings. The van der Waals surface area contributed by atoms with Crippen LogP contribution in [0.4, 0.5) is 0 Å². The van der Waals surface area contributed by atoms with Crippen LogP contribution in [0.15, 0.2) is 49.1 Å². The number of Topliss-reactive ketones (excluding diaryl/α,β-unsaturated/α-hetero) is 2. The molecule has 0 N–H and O–H groups in total. The highest BCUT2D eigenvalue weighted by molar-refractivity contribution is 6.39. The fourth-order valence-electron chi connectivity index (χ4n) is 3.34. The molecule has 0 saturated heterocycles. The maximum atomic E-state index is 12.9. The third kappa shape index (κ3) is 3.56. The van der Waals surface area contributed by atoms with Crippen LogP contribution in [0.5, 0.6) is 0 Å². The van der Waals surface area contributed by atoms with Crippen LogP contribution >= 0.6 is 0 Å². The summed E-state index contributed by atoms with van der Waals surface area (Å²) in [7, 11) is 0. The fourth-order valence-corrected chi connectivity index (χ4v) is 3.34. The lowest BCUT2D eigenvalue weighted by atomic mass is 9.83. The first-order valence-electron chi connectivity index (χ1n) is 9.29. The second kappa shape index (κ2) is 7.75. The Morgan fingerprint density at radius 3 is 2.86 bits per heavy atom. The van der Waals surface area contributed by atoms with Gasteiger partial charge in [0.25, 0.3) is 5.78 Å². The Hall–Kier alpha value is -3.68. The Morgan fingerprint density at radius 2 is 2.10 bits per heavy atom. The third-order valence-corrected chi connectivity index (χ3v) is 4.81. The van der Waals surface area contributed by atoms with Crippen molar-refractivity contribution in [2.24, 2.45) is 5.92 Å². The number of hydrogen-bond donors (Lipinski definition) is 0. The van der Waals surface area contributed by atoms with Gasteiger partial charge in [0.15, 0.2) is 5.78 Å². The van der Waals surface area contributed by atoms with Crippen LogP contribution in [0.2, 0.25) is 0 Å². The number of esters is 1. The molecular weight excluding hydrogens is 372 g/mol. The summed E-state index contributed by atoms with van der Waals surface area (Å²) in [5.41, 5.74) is 3.09. The van der Waals surface area contributed by atoms with Gasteiger partial charge in [0.2, 0.25) is 0 Å². The lowest BCUT2D eigenvalue weighted by Gasteiger charge is -2.21. The normalized spacial score (nSPS) is 15.6. The first-order valence-corrected chi connectivity index (χ1v) is 9.29. The van der Waals surface area contributed by atoms with E-state index >= 15 is 0 Å². The summed E-state index contributed by atoms with van der Waals surface area (Å²) in [6.07, 6.45) is 7.59. The summed E-state index contributed by atoms with van der Waals surface area (Å²) in [5, 5.41) is 4.32. The number of aryl methyl sites for hydroxylation is 1. The highest BCUT2D eigenvalue weighted by atomic mass is 16.5. The van der Waals surface area contributed by atoms with E-state index in [-0.39, 0.29) is 18.7 Å². The SMILES string of the molecule is CCOC(=O)C(=O)C1CCc2ccc(-c3cnn(-c4cccnc4)c3)nc2C1=O. The molecule has 0 bridgehead atoms. The van der Waals surface area contributed by atoms with Gasteiger partial charge in [-0.3, -0.25) is 14.6 Å². The van der Waals surface area contributed by atoms with Gasteiger partial charge in [-0.05, 0) is 43.5 Å². The van der Waals surface area contributed by atoms with Gasteiger partial charge in [0, 0.05) is 18.0 Å². The van der Waals surface area contributed by atoms with Gasteiger partial charge in [-0.2, -0.15) is 5.10 Å². The highest BCUT2D eigenvalue weighted by Gasteiger charge is 2.37. The third-order valence-electron chi connectivity index (χ3n) is 4.81. The molecule has 1 aliphatic carbocycles. The second-order valence-corrected chi connectivity index (χ2v) is 6.63. The molecule has 0 saturated carbocycles. The van der Waals surface area contributed by atoms with E-state index in [1.165, 1.54) is 0 Å². The van der Waals surface area contributed by atoms with E-state index in [0.717, 1.165) is 16.8 Å². The van der Waals surface area contributed by atoms with E-state index < -0.39 is 23.5 Å². The van der Waals surface area contributed by atoms with Gasteiger partial charge in [-0.25, -0.2) is 14.5 Å². The average molecular weight is 390 g/mol. The maximum absolute atomic E-state index is 12.9. The van der Waals surface area contributed by atoms with Crippen molar-refractivity contribution in [1.82, 2.24) is 19.7 Å². The van der Waals surface area contributed by atoms with Gasteiger partial charge in [-0.15, -0.1) is 0 Å². The molecule has 8 nitrogen and oxygen atoms in total. The molecule has 0 aromatic carbocycles. The molecule has 3 heterocycles. The molecule has 29 heavy (non-hydrogen) atoms. The van der Waals surface area contributed by atoms with E-state index in [2.05, 4.69) is 15.1 Å². The summed E-state index contributed by atoms with van der Waals surface area (Å²) in [4.78, 5) is 45.5. The van der Waals surface area contributed by atoms with Crippen molar-refractivity contribution >= 4 is 17.5 Å². The predicted molar refractivity (Wildman–Crippen MR) is 102 cm³/mol. The zero-order chi connectivity index (χ0) is 20.4. The number of ketones is 2. The van der Waals surface area contributed by atoms with Crippen molar-refractivity contribution in [3.8, 4) is 16.9 Å². The quantitative estimate of drug-likeness (QED) is 0.374. The van der Waals surface area contributed by atoms with E-state index in [1.807, 2.05) is 24.3 Å². The molecule has 0 aliphatic heterocycles. The minimum atomic E-state index is -1.04. The van der Waals surface area contributed by atoms with Crippen molar-refractivity contribution in [1.29, 1.82) is 0 Å². The first-order chi connectivity index (χ1) is 14.1. The van der Waals surface area contributed by atoms with Crippen LogP contribution in [-0.4, -0.2) is 43.9 Å². The lowest BCUT2D eigenvalue weighted by molar-refractivity contribution is -0.154. The van der Waals surface area contributed by atoms with Crippen molar-refractivity contribution in [3.05, 3.63) is 60.3 Å². The Morgan fingerprint density at radius 1 is 1.24 bits per heavy atom. The Balaban J connectivity index is 1.62. The Labute approximate surface area is 166 Å². The number of pyridine rings is 2. The minimum absolute atomic E-state index is 0.0887. The smallest absolute Gasteiger partial charge is 0.375 e. The Kier molecular flexibility index (Phi) is 4.99. The molecule has 1 unspecified atom stereocenters. The van der Waals surface area contributed by atoms with Crippen LogP contribution in [0, 0.1) is 5.92 Å². The van der Waals surface area contributed by atoms with Crippen molar-refractivity contribution in [2.45, 2.75) is 19.8 Å². The number of hydrogen-bond acceptors (Lipinski definition) is 7. The van der Waals surface area contributed by atoms with Gasteiger partial charge in [0.1, 0.15) is 5.69 Å². The molecule has 3 aromatic rings. The van der Waals surface area contributed by atoms with E-state index in [1.54, 1.807) is 36.4 Å². The highest BCUT2D eigenvalue weighted by Crippen LogP contribution is 2.28. The van der Waals surface area contributed by atoms with Crippen molar-refractivity contribution < 1.29 is 19.1 Å². The molecule has 3 aromatic heterocycles. The number of carbonyl (C=O) groups is 3.